The topological polar surface area (TPSA) is 9.23 Å². The fourth-order valence-electron chi connectivity index (χ4n) is 1.81. The van der Waals surface area contributed by atoms with Crippen LogP contribution in [0, 0.1) is 5.82 Å². The van der Waals surface area contributed by atoms with E-state index in [2.05, 4.69) is 0 Å². The summed E-state index contributed by atoms with van der Waals surface area (Å²) in [6.07, 6.45) is -0.203. The van der Waals surface area contributed by atoms with Gasteiger partial charge in [0.1, 0.15) is 11.9 Å². The van der Waals surface area contributed by atoms with E-state index >= 15 is 0 Å². The van der Waals surface area contributed by atoms with Gasteiger partial charge in [-0.3, -0.25) is 0 Å². The summed E-state index contributed by atoms with van der Waals surface area (Å²) in [6.45, 7) is 0.457. The summed E-state index contributed by atoms with van der Waals surface area (Å²) >= 11 is 5.66. The predicted molar refractivity (Wildman–Crippen MR) is 71.4 cm³/mol. The third kappa shape index (κ3) is 3.31. The van der Waals surface area contributed by atoms with Gasteiger partial charge in [0.2, 0.25) is 0 Å². The summed E-state index contributed by atoms with van der Waals surface area (Å²) in [4.78, 5) is 0. The Kier molecular flexibility index (Phi) is 4.73. The molecule has 2 rings (SSSR count). The van der Waals surface area contributed by atoms with Crippen LogP contribution in [0.1, 0.15) is 17.2 Å². The van der Waals surface area contributed by atoms with Gasteiger partial charge >= 0.3 is 0 Å². The molecule has 0 aliphatic heterocycles. The molecule has 0 heterocycles. The molecule has 0 radical (unpaired) electrons. The molecule has 2 aromatic carbocycles. The fraction of sp³-hybridized carbons (Fsp3) is 0.200. The van der Waals surface area contributed by atoms with Gasteiger partial charge in [0.25, 0.3) is 0 Å². The third-order valence-electron chi connectivity index (χ3n) is 2.64. The lowest BCUT2D eigenvalue weighted by Gasteiger charge is -2.18. The maximum absolute atomic E-state index is 12.9. The molecule has 3 heteroatoms. The zero-order valence-corrected chi connectivity index (χ0v) is 10.6. The molecule has 0 saturated heterocycles. The Bertz CT molecular complexity index is 470. The van der Waals surface area contributed by atoms with Gasteiger partial charge in [0, 0.05) is 5.88 Å². The van der Waals surface area contributed by atoms with Crippen LogP contribution < -0.4 is 0 Å². The van der Waals surface area contributed by atoms with E-state index in [0.717, 1.165) is 11.1 Å². The number of benzene rings is 2. The fourth-order valence-corrected chi connectivity index (χ4v) is 1.90. The lowest BCUT2D eigenvalue weighted by atomic mass is 10.0. The van der Waals surface area contributed by atoms with Crippen LogP contribution in [-0.2, 0) is 4.74 Å². The molecular formula is C15H14ClFO. The molecule has 0 aromatic heterocycles. The molecule has 0 bridgehead atoms. The summed E-state index contributed by atoms with van der Waals surface area (Å²) in [5.41, 5.74) is 1.96. The van der Waals surface area contributed by atoms with Crippen LogP contribution in [0.3, 0.4) is 0 Å². The molecule has 94 valence electrons. The quantitative estimate of drug-likeness (QED) is 0.737. The Morgan fingerprint density at radius 2 is 1.56 bits per heavy atom. The van der Waals surface area contributed by atoms with Gasteiger partial charge in [0.05, 0.1) is 6.61 Å². The monoisotopic (exact) mass is 264 g/mol. The lowest BCUT2D eigenvalue weighted by molar-refractivity contribution is 0.0928. The molecule has 0 saturated carbocycles. The summed E-state index contributed by atoms with van der Waals surface area (Å²) in [7, 11) is 0. The van der Waals surface area contributed by atoms with E-state index in [1.54, 1.807) is 12.1 Å². The first kappa shape index (κ1) is 13.1. The molecule has 0 aliphatic rings. The SMILES string of the molecule is Fc1ccc([C@@H](OCCCl)c2ccccc2)cc1. The highest BCUT2D eigenvalue weighted by Crippen LogP contribution is 2.26. The molecule has 0 aliphatic carbocycles. The van der Waals surface area contributed by atoms with Crippen molar-refractivity contribution in [1.82, 2.24) is 0 Å². The van der Waals surface area contributed by atoms with Crippen molar-refractivity contribution in [3.63, 3.8) is 0 Å². The number of hydrogen-bond donors (Lipinski definition) is 0. The van der Waals surface area contributed by atoms with Crippen LogP contribution in [0.15, 0.2) is 54.6 Å². The van der Waals surface area contributed by atoms with Crippen molar-refractivity contribution < 1.29 is 9.13 Å². The van der Waals surface area contributed by atoms with Gasteiger partial charge in [-0.15, -0.1) is 11.6 Å². The summed E-state index contributed by atoms with van der Waals surface area (Å²) < 4.78 is 18.7. The van der Waals surface area contributed by atoms with Gasteiger partial charge in [-0.05, 0) is 23.3 Å². The lowest BCUT2D eigenvalue weighted by Crippen LogP contribution is -2.08. The number of hydrogen-bond acceptors (Lipinski definition) is 1. The van der Waals surface area contributed by atoms with Gasteiger partial charge in [-0.25, -0.2) is 4.39 Å². The van der Waals surface area contributed by atoms with Gasteiger partial charge in [-0.2, -0.15) is 0 Å². The molecular weight excluding hydrogens is 251 g/mol. The van der Waals surface area contributed by atoms with Crippen molar-refractivity contribution in [3.05, 3.63) is 71.5 Å². The van der Waals surface area contributed by atoms with Crippen molar-refractivity contribution >= 4 is 11.6 Å². The van der Waals surface area contributed by atoms with Crippen molar-refractivity contribution in [2.24, 2.45) is 0 Å². The summed E-state index contributed by atoms with van der Waals surface area (Å²) in [6, 6.07) is 16.2. The molecule has 0 N–H and O–H groups in total. The van der Waals surface area contributed by atoms with Gasteiger partial charge in [0.15, 0.2) is 0 Å². The highest BCUT2D eigenvalue weighted by molar-refractivity contribution is 6.17. The number of ether oxygens (including phenoxy) is 1. The van der Waals surface area contributed by atoms with E-state index in [1.807, 2.05) is 30.3 Å². The minimum atomic E-state index is -0.247. The molecule has 18 heavy (non-hydrogen) atoms. The minimum Gasteiger partial charge on any atom is -0.368 e. The van der Waals surface area contributed by atoms with E-state index in [4.69, 9.17) is 16.3 Å². The van der Waals surface area contributed by atoms with Crippen LogP contribution in [0.2, 0.25) is 0 Å². The normalized spacial score (nSPS) is 12.3. The number of halogens is 2. The molecule has 0 fully saturated rings. The zero-order valence-electron chi connectivity index (χ0n) is 9.85. The van der Waals surface area contributed by atoms with Crippen LogP contribution in [0.25, 0.3) is 0 Å². The van der Waals surface area contributed by atoms with E-state index in [1.165, 1.54) is 12.1 Å². The molecule has 0 amide bonds. The van der Waals surface area contributed by atoms with Crippen LogP contribution in [-0.4, -0.2) is 12.5 Å². The Morgan fingerprint density at radius 3 is 2.17 bits per heavy atom. The van der Waals surface area contributed by atoms with E-state index in [0.29, 0.717) is 12.5 Å². The molecule has 1 nitrogen and oxygen atoms in total. The highest BCUT2D eigenvalue weighted by atomic mass is 35.5. The molecule has 0 unspecified atom stereocenters. The maximum Gasteiger partial charge on any atom is 0.123 e. The Hall–Kier alpha value is -1.38. The second-order valence-electron chi connectivity index (χ2n) is 3.90. The van der Waals surface area contributed by atoms with Gasteiger partial charge < -0.3 is 4.74 Å². The Morgan fingerprint density at radius 1 is 0.944 bits per heavy atom. The molecule has 0 spiro atoms. The minimum absolute atomic E-state index is 0.203. The van der Waals surface area contributed by atoms with Crippen LogP contribution in [0.4, 0.5) is 4.39 Å². The summed E-state index contributed by atoms with van der Waals surface area (Å²) in [5.74, 6) is 0.188. The van der Waals surface area contributed by atoms with Gasteiger partial charge in [-0.1, -0.05) is 42.5 Å². The first-order valence-corrected chi connectivity index (χ1v) is 6.32. The first-order chi connectivity index (χ1) is 8.81. The average molecular weight is 265 g/mol. The van der Waals surface area contributed by atoms with Crippen molar-refractivity contribution in [2.75, 3.05) is 12.5 Å². The van der Waals surface area contributed by atoms with Crippen molar-refractivity contribution in [2.45, 2.75) is 6.10 Å². The summed E-state index contributed by atoms with van der Waals surface area (Å²) in [5, 5.41) is 0. The smallest absolute Gasteiger partial charge is 0.123 e. The predicted octanol–water partition coefficient (Wildman–Crippen LogP) is 4.17. The van der Waals surface area contributed by atoms with E-state index in [-0.39, 0.29) is 11.9 Å². The standard InChI is InChI=1S/C15H14ClFO/c16-10-11-18-15(12-4-2-1-3-5-12)13-6-8-14(17)9-7-13/h1-9,15H,10-11H2/t15-/m0/s1. The Balaban J connectivity index is 2.27. The second kappa shape index (κ2) is 6.53. The first-order valence-electron chi connectivity index (χ1n) is 5.79. The van der Waals surface area contributed by atoms with E-state index in [9.17, 15) is 4.39 Å². The van der Waals surface area contributed by atoms with Crippen LogP contribution in [0.5, 0.6) is 0 Å². The Labute approximate surface area is 111 Å². The second-order valence-corrected chi connectivity index (χ2v) is 4.28. The average Bonchev–Trinajstić information content (AvgIpc) is 2.42. The largest absolute Gasteiger partial charge is 0.368 e. The molecule has 1 atom stereocenters. The highest BCUT2D eigenvalue weighted by Gasteiger charge is 2.14. The molecule has 2 aromatic rings. The van der Waals surface area contributed by atoms with Crippen molar-refractivity contribution in [1.29, 1.82) is 0 Å². The number of rotatable bonds is 5. The van der Waals surface area contributed by atoms with Crippen LogP contribution >= 0.6 is 11.6 Å². The van der Waals surface area contributed by atoms with Crippen molar-refractivity contribution in [3.8, 4) is 0 Å². The third-order valence-corrected chi connectivity index (χ3v) is 2.79. The zero-order chi connectivity index (χ0) is 12.8. The van der Waals surface area contributed by atoms with E-state index < -0.39 is 0 Å². The number of alkyl halides is 1. The maximum atomic E-state index is 12.9.